The number of hydrogen-bond acceptors (Lipinski definition) is 5. The lowest BCUT2D eigenvalue weighted by molar-refractivity contribution is -0.137. The molecule has 0 radical (unpaired) electrons. The number of nitrogens with one attached hydrogen (secondary N) is 1. The number of methoxy groups -OCH3 is 2. The maximum absolute atomic E-state index is 12.2. The minimum atomic E-state index is -0.984. The fourth-order valence-corrected chi connectivity index (χ4v) is 2.79. The molecule has 1 aromatic rings. The van der Waals surface area contributed by atoms with Gasteiger partial charge in [-0.05, 0) is 24.0 Å². The highest BCUT2D eigenvalue weighted by molar-refractivity contribution is 7.98. The van der Waals surface area contributed by atoms with E-state index in [9.17, 15) is 9.59 Å². The summed E-state index contributed by atoms with van der Waals surface area (Å²) in [5, 5.41) is 11.9. The van der Waals surface area contributed by atoms with Gasteiger partial charge in [0.25, 0.3) is 0 Å². The molecule has 0 bridgehead atoms. The number of carbonyl (C=O) groups excluding carboxylic acids is 1. The van der Waals surface area contributed by atoms with Crippen LogP contribution in [0.25, 0.3) is 0 Å². The molecule has 1 aromatic carbocycles. The lowest BCUT2D eigenvalue weighted by Crippen LogP contribution is -2.35. The number of benzene rings is 1. The zero-order valence-corrected chi connectivity index (χ0v) is 14.6. The number of carbonyl (C=O) groups is 2. The number of carboxylic acids is 1. The van der Waals surface area contributed by atoms with Crippen molar-refractivity contribution in [2.24, 2.45) is 5.92 Å². The van der Waals surface area contributed by atoms with Crippen molar-refractivity contribution < 1.29 is 24.2 Å². The second-order valence-corrected chi connectivity index (χ2v) is 6.04. The van der Waals surface area contributed by atoms with Crippen molar-refractivity contribution >= 4 is 23.6 Å². The van der Waals surface area contributed by atoms with Gasteiger partial charge in [-0.3, -0.25) is 9.59 Å². The van der Waals surface area contributed by atoms with Crippen molar-refractivity contribution in [2.45, 2.75) is 19.4 Å². The topological polar surface area (TPSA) is 84.9 Å². The maximum Gasteiger partial charge on any atom is 0.305 e. The summed E-state index contributed by atoms with van der Waals surface area (Å²) in [5.74, 6) is 0.376. The Balaban J connectivity index is 3.02. The lowest BCUT2D eigenvalue weighted by Gasteiger charge is -2.21. The molecule has 0 aromatic heterocycles. The zero-order chi connectivity index (χ0) is 17.4. The first-order valence-corrected chi connectivity index (χ1v) is 8.55. The number of thioether (sulfide) groups is 1. The molecule has 7 heteroatoms. The van der Waals surface area contributed by atoms with Gasteiger partial charge in [0.15, 0.2) is 11.5 Å². The van der Waals surface area contributed by atoms with Gasteiger partial charge in [-0.15, -0.1) is 0 Å². The number of aliphatic carboxylic acids is 1. The second kappa shape index (κ2) is 9.29. The Morgan fingerprint density at radius 3 is 2.43 bits per heavy atom. The van der Waals surface area contributed by atoms with Crippen LogP contribution in [0.3, 0.4) is 0 Å². The SMILES string of the molecule is COc1ccc(C(CC(=O)O)NC(=O)C(C)CSC)cc1OC. The standard InChI is InChI=1S/C16H23NO5S/c1-10(9-23-4)16(20)17-12(8-15(18)19)11-5-6-13(21-2)14(7-11)22-3/h5-7,10,12H,8-9H2,1-4H3,(H,17,20)(H,18,19). The van der Waals surface area contributed by atoms with Crippen LogP contribution in [0.5, 0.6) is 11.5 Å². The Kier molecular flexibility index (Phi) is 7.74. The molecule has 2 atom stereocenters. The van der Waals surface area contributed by atoms with Crippen molar-refractivity contribution in [2.75, 3.05) is 26.2 Å². The quantitative estimate of drug-likeness (QED) is 0.717. The predicted octanol–water partition coefficient (Wildman–Crippen LogP) is 2.33. The Bertz CT molecular complexity index is 549. The Morgan fingerprint density at radius 1 is 1.26 bits per heavy atom. The number of carboxylic acid groups (broad SMARTS) is 1. The van der Waals surface area contributed by atoms with Gasteiger partial charge in [-0.1, -0.05) is 13.0 Å². The van der Waals surface area contributed by atoms with E-state index in [-0.39, 0.29) is 18.2 Å². The van der Waals surface area contributed by atoms with E-state index in [1.165, 1.54) is 14.2 Å². The fraction of sp³-hybridized carbons (Fsp3) is 0.500. The predicted molar refractivity (Wildman–Crippen MR) is 90.2 cm³/mol. The molecular weight excluding hydrogens is 318 g/mol. The van der Waals surface area contributed by atoms with Gasteiger partial charge in [0.05, 0.1) is 26.7 Å². The molecule has 0 heterocycles. The Hall–Kier alpha value is -1.89. The van der Waals surface area contributed by atoms with Crippen molar-refractivity contribution in [1.82, 2.24) is 5.32 Å². The first-order chi connectivity index (χ1) is 10.9. The van der Waals surface area contributed by atoms with Crippen LogP contribution < -0.4 is 14.8 Å². The fourth-order valence-electron chi connectivity index (χ4n) is 2.14. The first-order valence-electron chi connectivity index (χ1n) is 7.15. The van der Waals surface area contributed by atoms with Gasteiger partial charge in [0.2, 0.25) is 5.91 Å². The van der Waals surface area contributed by atoms with Gasteiger partial charge in [-0.2, -0.15) is 11.8 Å². The van der Waals surface area contributed by atoms with Crippen LogP contribution in [0.4, 0.5) is 0 Å². The molecule has 2 N–H and O–H groups in total. The highest BCUT2D eigenvalue weighted by atomic mass is 32.2. The molecule has 0 saturated heterocycles. The summed E-state index contributed by atoms with van der Waals surface area (Å²) in [6.45, 7) is 1.82. The molecular formula is C16H23NO5S. The molecule has 6 nitrogen and oxygen atoms in total. The Labute approximate surface area is 140 Å². The average Bonchev–Trinajstić information content (AvgIpc) is 2.53. The minimum Gasteiger partial charge on any atom is -0.493 e. The highest BCUT2D eigenvalue weighted by Gasteiger charge is 2.22. The average molecular weight is 341 g/mol. The van der Waals surface area contributed by atoms with Gasteiger partial charge < -0.3 is 19.9 Å². The van der Waals surface area contributed by atoms with E-state index in [1.807, 2.05) is 13.2 Å². The van der Waals surface area contributed by atoms with Crippen LogP contribution in [0.1, 0.15) is 24.9 Å². The summed E-state index contributed by atoms with van der Waals surface area (Å²) in [6.07, 6.45) is 1.72. The summed E-state index contributed by atoms with van der Waals surface area (Å²) < 4.78 is 10.4. The smallest absolute Gasteiger partial charge is 0.305 e. The summed E-state index contributed by atoms with van der Waals surface area (Å²) in [6, 6.07) is 4.49. The van der Waals surface area contributed by atoms with Gasteiger partial charge in [0.1, 0.15) is 0 Å². The molecule has 128 valence electrons. The maximum atomic E-state index is 12.2. The molecule has 1 amide bonds. The molecule has 23 heavy (non-hydrogen) atoms. The second-order valence-electron chi connectivity index (χ2n) is 5.13. The molecule has 2 unspecified atom stereocenters. The van der Waals surface area contributed by atoms with Gasteiger partial charge in [-0.25, -0.2) is 0 Å². The number of amides is 1. The Morgan fingerprint density at radius 2 is 1.91 bits per heavy atom. The van der Waals surface area contributed by atoms with Crippen LogP contribution >= 0.6 is 11.8 Å². The molecule has 0 spiro atoms. The van der Waals surface area contributed by atoms with Crippen LogP contribution in [-0.2, 0) is 9.59 Å². The van der Waals surface area contributed by atoms with Crippen molar-refractivity contribution in [1.29, 1.82) is 0 Å². The van der Waals surface area contributed by atoms with Crippen LogP contribution in [0.15, 0.2) is 18.2 Å². The number of rotatable bonds is 9. The molecule has 0 aliphatic rings. The van der Waals surface area contributed by atoms with E-state index < -0.39 is 12.0 Å². The van der Waals surface area contributed by atoms with Gasteiger partial charge in [0, 0.05) is 11.7 Å². The van der Waals surface area contributed by atoms with E-state index >= 15 is 0 Å². The van der Waals surface area contributed by atoms with E-state index in [4.69, 9.17) is 14.6 Å². The van der Waals surface area contributed by atoms with E-state index in [2.05, 4.69) is 5.32 Å². The van der Waals surface area contributed by atoms with Crippen LogP contribution in [0, 0.1) is 5.92 Å². The van der Waals surface area contributed by atoms with E-state index in [0.717, 1.165) is 0 Å². The summed E-state index contributed by atoms with van der Waals surface area (Å²) in [4.78, 5) is 23.3. The van der Waals surface area contributed by atoms with Crippen LogP contribution in [0.2, 0.25) is 0 Å². The summed E-state index contributed by atoms with van der Waals surface area (Å²) >= 11 is 1.57. The highest BCUT2D eigenvalue weighted by Crippen LogP contribution is 2.31. The molecule has 1 rings (SSSR count). The van der Waals surface area contributed by atoms with E-state index in [0.29, 0.717) is 22.8 Å². The third-order valence-electron chi connectivity index (χ3n) is 3.37. The summed E-state index contributed by atoms with van der Waals surface area (Å²) in [5.41, 5.74) is 0.662. The van der Waals surface area contributed by atoms with Gasteiger partial charge >= 0.3 is 5.97 Å². The minimum absolute atomic E-state index is 0.166. The molecule has 0 aliphatic carbocycles. The molecule has 0 aliphatic heterocycles. The number of ether oxygens (including phenoxy) is 2. The largest absolute Gasteiger partial charge is 0.493 e. The monoisotopic (exact) mass is 341 g/mol. The molecule has 0 saturated carbocycles. The van der Waals surface area contributed by atoms with Crippen molar-refractivity contribution in [3.05, 3.63) is 23.8 Å². The first kappa shape index (κ1) is 19.2. The van der Waals surface area contributed by atoms with Crippen molar-refractivity contribution in [3.8, 4) is 11.5 Å². The van der Waals surface area contributed by atoms with Crippen LogP contribution in [-0.4, -0.2) is 43.2 Å². The van der Waals surface area contributed by atoms with E-state index in [1.54, 1.807) is 30.0 Å². The van der Waals surface area contributed by atoms with Crippen molar-refractivity contribution in [3.63, 3.8) is 0 Å². The summed E-state index contributed by atoms with van der Waals surface area (Å²) in [7, 11) is 3.03. The third kappa shape index (κ3) is 5.67. The third-order valence-corrected chi connectivity index (χ3v) is 4.20. The zero-order valence-electron chi connectivity index (χ0n) is 13.8. The lowest BCUT2D eigenvalue weighted by atomic mass is 10.0. The number of hydrogen-bond donors (Lipinski definition) is 2. The normalized spacial score (nSPS) is 13.0. The molecule has 0 fully saturated rings.